The van der Waals surface area contributed by atoms with E-state index < -0.39 is 6.10 Å². The molecule has 0 bridgehead atoms. The number of hydrogen-bond acceptors (Lipinski definition) is 4. The molecule has 1 fully saturated rings. The number of para-hydroxylation sites is 1. The Bertz CT molecular complexity index is 671. The number of aliphatic hydroxyl groups excluding tert-OH is 1. The van der Waals surface area contributed by atoms with Gasteiger partial charge in [-0.3, -0.25) is 9.78 Å². The van der Waals surface area contributed by atoms with Crippen LogP contribution in [0.2, 0.25) is 0 Å². The Labute approximate surface area is 134 Å². The molecule has 1 saturated heterocycles. The number of aliphatic hydroxyl groups is 1. The summed E-state index contributed by atoms with van der Waals surface area (Å²) in [6.07, 6.45) is 4.06. The summed E-state index contributed by atoms with van der Waals surface area (Å²) in [6.45, 7) is 1.09. The summed E-state index contributed by atoms with van der Waals surface area (Å²) in [4.78, 5) is 18.1. The lowest BCUT2D eigenvalue weighted by molar-refractivity contribution is -0.127. The number of fused-ring (bicyclic) bond motifs is 1. The van der Waals surface area contributed by atoms with Crippen LogP contribution in [0, 0.1) is 5.92 Å². The van der Waals surface area contributed by atoms with E-state index in [9.17, 15) is 9.90 Å². The zero-order chi connectivity index (χ0) is 15.5. The van der Waals surface area contributed by atoms with Crippen LogP contribution in [-0.4, -0.2) is 52.1 Å². The number of benzene rings is 1. The van der Waals surface area contributed by atoms with Gasteiger partial charge >= 0.3 is 0 Å². The number of thioether (sulfide) groups is 1. The molecule has 1 aromatic carbocycles. The summed E-state index contributed by atoms with van der Waals surface area (Å²) in [7, 11) is 0. The van der Waals surface area contributed by atoms with Crippen LogP contribution in [0.15, 0.2) is 36.5 Å². The van der Waals surface area contributed by atoms with Gasteiger partial charge in [-0.05, 0) is 30.4 Å². The summed E-state index contributed by atoms with van der Waals surface area (Å²) >= 11 is 1.52. The third-order valence-electron chi connectivity index (χ3n) is 4.25. The number of pyridine rings is 1. The smallest absolute Gasteiger partial charge is 0.232 e. The minimum absolute atomic E-state index is 0.0941. The van der Waals surface area contributed by atoms with E-state index in [2.05, 4.69) is 11.1 Å². The molecule has 0 unspecified atom stereocenters. The maximum Gasteiger partial charge on any atom is 0.232 e. The Morgan fingerprint density at radius 3 is 3.00 bits per heavy atom. The van der Waals surface area contributed by atoms with Gasteiger partial charge in [-0.15, -0.1) is 0 Å². The highest BCUT2D eigenvalue weighted by molar-refractivity contribution is 7.99. The Balaban J connectivity index is 1.76. The Morgan fingerprint density at radius 1 is 1.36 bits per heavy atom. The fourth-order valence-corrected chi connectivity index (χ4v) is 3.52. The van der Waals surface area contributed by atoms with E-state index in [1.807, 2.05) is 36.7 Å². The molecule has 2 atom stereocenters. The van der Waals surface area contributed by atoms with E-state index in [1.165, 1.54) is 17.3 Å². The molecule has 116 valence electrons. The lowest BCUT2D eigenvalue weighted by Crippen LogP contribution is -2.31. The number of likely N-dealkylation sites (tertiary alicyclic amines) is 1. The molecular formula is C17H20N2O2S. The molecule has 2 heterocycles. The average Bonchev–Trinajstić information content (AvgIpc) is 2.89. The van der Waals surface area contributed by atoms with E-state index in [-0.39, 0.29) is 11.8 Å². The minimum atomic E-state index is -0.447. The molecular weight excluding hydrogens is 296 g/mol. The van der Waals surface area contributed by atoms with Crippen LogP contribution in [-0.2, 0) is 11.2 Å². The maximum absolute atomic E-state index is 12.0. The molecule has 1 N–H and O–H groups in total. The van der Waals surface area contributed by atoms with Gasteiger partial charge in [0.1, 0.15) is 0 Å². The summed E-state index contributed by atoms with van der Waals surface area (Å²) in [5.74, 6) is 0.697. The van der Waals surface area contributed by atoms with Gasteiger partial charge < -0.3 is 10.0 Å². The highest BCUT2D eigenvalue weighted by atomic mass is 32.2. The molecule has 22 heavy (non-hydrogen) atoms. The van der Waals surface area contributed by atoms with Crippen molar-refractivity contribution in [2.24, 2.45) is 5.92 Å². The van der Waals surface area contributed by atoms with Crippen molar-refractivity contribution in [1.29, 1.82) is 0 Å². The first-order chi connectivity index (χ1) is 10.7. The van der Waals surface area contributed by atoms with Crippen molar-refractivity contribution in [1.82, 2.24) is 9.88 Å². The number of β-amino-alcohol motifs (C(OH)–C–C–N with tert-alkyl or cyclic N) is 1. The highest BCUT2D eigenvalue weighted by Gasteiger charge is 2.33. The lowest BCUT2D eigenvalue weighted by Gasteiger charge is -2.16. The van der Waals surface area contributed by atoms with Gasteiger partial charge in [0.15, 0.2) is 0 Å². The van der Waals surface area contributed by atoms with Crippen molar-refractivity contribution in [3.63, 3.8) is 0 Å². The van der Waals surface area contributed by atoms with Crippen molar-refractivity contribution in [2.45, 2.75) is 12.5 Å². The van der Waals surface area contributed by atoms with Crippen LogP contribution >= 0.6 is 11.8 Å². The van der Waals surface area contributed by atoms with Gasteiger partial charge in [-0.25, -0.2) is 0 Å². The summed E-state index contributed by atoms with van der Waals surface area (Å²) in [6, 6.07) is 10.1. The predicted octanol–water partition coefficient (Wildman–Crippen LogP) is 1.96. The monoisotopic (exact) mass is 316 g/mol. The highest BCUT2D eigenvalue weighted by Crippen LogP contribution is 2.25. The summed E-state index contributed by atoms with van der Waals surface area (Å²) < 4.78 is 0. The molecule has 1 amide bonds. The molecule has 4 nitrogen and oxygen atoms in total. The SMILES string of the molecule is CSCC(=O)N1C[C@@H](Cc2ccnc3ccccc23)[C@@H](O)C1. The van der Waals surface area contributed by atoms with Crippen molar-refractivity contribution >= 4 is 28.6 Å². The number of carbonyl (C=O) groups is 1. The van der Waals surface area contributed by atoms with Crippen LogP contribution in [0.1, 0.15) is 5.56 Å². The van der Waals surface area contributed by atoms with E-state index >= 15 is 0 Å². The average molecular weight is 316 g/mol. The molecule has 5 heteroatoms. The summed E-state index contributed by atoms with van der Waals surface area (Å²) in [5.41, 5.74) is 2.16. The lowest BCUT2D eigenvalue weighted by atomic mass is 9.94. The topological polar surface area (TPSA) is 53.4 Å². The van der Waals surface area contributed by atoms with Crippen molar-refractivity contribution < 1.29 is 9.90 Å². The van der Waals surface area contributed by atoms with Gasteiger partial charge in [0, 0.05) is 30.6 Å². The van der Waals surface area contributed by atoms with Crippen LogP contribution in [0.25, 0.3) is 10.9 Å². The molecule has 0 aliphatic carbocycles. The molecule has 3 rings (SSSR count). The molecule has 0 spiro atoms. The second-order valence-corrected chi connectivity index (χ2v) is 6.62. The van der Waals surface area contributed by atoms with Crippen molar-refractivity contribution in [3.8, 4) is 0 Å². The zero-order valence-corrected chi connectivity index (χ0v) is 13.4. The second kappa shape index (κ2) is 6.67. The fourth-order valence-electron chi connectivity index (χ4n) is 3.09. The standard InChI is InChI=1S/C17H20N2O2S/c1-22-11-17(21)19-9-13(16(20)10-19)8-12-6-7-18-15-5-3-2-4-14(12)15/h2-7,13,16,20H,8-11H2,1H3/t13-,16+/m1/s1. The van der Waals surface area contributed by atoms with Crippen LogP contribution in [0.3, 0.4) is 0 Å². The first-order valence-corrected chi connectivity index (χ1v) is 8.86. The number of amides is 1. The largest absolute Gasteiger partial charge is 0.391 e. The summed E-state index contributed by atoms with van der Waals surface area (Å²) in [5, 5.41) is 11.4. The molecule has 1 aromatic heterocycles. The van der Waals surface area contributed by atoms with Gasteiger partial charge in [0.05, 0.1) is 17.4 Å². The van der Waals surface area contributed by atoms with Gasteiger partial charge in [0.2, 0.25) is 5.91 Å². The minimum Gasteiger partial charge on any atom is -0.391 e. The molecule has 2 aromatic rings. The third kappa shape index (κ3) is 3.10. The third-order valence-corrected chi connectivity index (χ3v) is 4.78. The predicted molar refractivity (Wildman–Crippen MR) is 89.9 cm³/mol. The molecule has 1 aliphatic heterocycles. The van der Waals surface area contributed by atoms with Crippen molar-refractivity contribution in [3.05, 3.63) is 42.1 Å². The number of aromatic nitrogens is 1. The Kier molecular flexibility index (Phi) is 4.64. The first-order valence-electron chi connectivity index (χ1n) is 7.46. The fraction of sp³-hybridized carbons (Fsp3) is 0.412. The number of nitrogens with zero attached hydrogens (tertiary/aromatic N) is 2. The second-order valence-electron chi connectivity index (χ2n) is 5.75. The molecule has 0 saturated carbocycles. The van der Waals surface area contributed by atoms with Crippen LogP contribution in [0.5, 0.6) is 0 Å². The number of rotatable bonds is 4. The molecule has 0 radical (unpaired) electrons. The van der Waals surface area contributed by atoms with E-state index in [0.29, 0.717) is 18.8 Å². The van der Waals surface area contributed by atoms with E-state index in [1.54, 1.807) is 4.90 Å². The van der Waals surface area contributed by atoms with Crippen molar-refractivity contribution in [2.75, 3.05) is 25.1 Å². The normalized spacial score (nSPS) is 21.5. The quantitative estimate of drug-likeness (QED) is 0.937. The number of carbonyl (C=O) groups excluding carboxylic acids is 1. The van der Waals surface area contributed by atoms with Gasteiger partial charge in [0.25, 0.3) is 0 Å². The molecule has 1 aliphatic rings. The Hall–Kier alpha value is -1.59. The van der Waals surface area contributed by atoms with E-state index in [0.717, 1.165) is 17.3 Å². The maximum atomic E-state index is 12.0. The first kappa shape index (κ1) is 15.3. The number of hydrogen-bond donors (Lipinski definition) is 1. The van der Waals surface area contributed by atoms with Crippen LogP contribution < -0.4 is 0 Å². The zero-order valence-electron chi connectivity index (χ0n) is 12.6. The Morgan fingerprint density at radius 2 is 2.18 bits per heavy atom. The van der Waals surface area contributed by atoms with Gasteiger partial charge in [-0.2, -0.15) is 11.8 Å². The van der Waals surface area contributed by atoms with E-state index in [4.69, 9.17) is 0 Å². The van der Waals surface area contributed by atoms with Crippen LogP contribution in [0.4, 0.5) is 0 Å². The van der Waals surface area contributed by atoms with Gasteiger partial charge in [-0.1, -0.05) is 18.2 Å².